The van der Waals surface area contributed by atoms with Crippen molar-refractivity contribution in [3.05, 3.63) is 33.9 Å². The third kappa shape index (κ3) is 4.48. The van der Waals surface area contributed by atoms with Crippen LogP contribution in [0.1, 0.15) is 34.0 Å². The van der Waals surface area contributed by atoms with E-state index < -0.39 is 40.4 Å². The molecule has 2 aromatic heterocycles. The molecule has 2 rings (SSSR count). The number of hydrogen-bond donors (Lipinski definition) is 2. The van der Waals surface area contributed by atoms with Crippen molar-refractivity contribution in [2.45, 2.75) is 32.2 Å². The zero-order valence-corrected chi connectivity index (χ0v) is 13.9. The lowest BCUT2D eigenvalue weighted by Crippen LogP contribution is -2.25. The van der Waals surface area contributed by atoms with Crippen LogP contribution in [0.15, 0.2) is 6.07 Å². The van der Waals surface area contributed by atoms with Crippen molar-refractivity contribution in [1.29, 1.82) is 0 Å². The number of aromatic nitrogens is 4. The van der Waals surface area contributed by atoms with E-state index in [1.54, 1.807) is 5.10 Å². The average molecular weight is 404 g/mol. The van der Waals surface area contributed by atoms with Gasteiger partial charge in [-0.05, 0) is 13.3 Å². The van der Waals surface area contributed by atoms with Crippen LogP contribution in [-0.4, -0.2) is 32.4 Å². The van der Waals surface area contributed by atoms with Gasteiger partial charge in [0.05, 0.1) is 10.7 Å². The van der Waals surface area contributed by atoms with Gasteiger partial charge < -0.3 is 5.32 Å². The summed E-state index contributed by atoms with van der Waals surface area (Å²) in [6, 6.07) is 0.558. The average Bonchev–Trinajstić information content (AvgIpc) is 3.10. The minimum atomic E-state index is -4.68. The van der Waals surface area contributed by atoms with E-state index in [1.165, 1.54) is 6.92 Å². The number of aryl methyl sites for hydroxylation is 1. The Morgan fingerprint density at radius 1 is 1.27 bits per heavy atom. The molecule has 13 heteroatoms. The second kappa shape index (κ2) is 7.17. The lowest BCUT2D eigenvalue weighted by Gasteiger charge is -2.06. The molecule has 144 valence electrons. The maximum absolute atomic E-state index is 12.7. The van der Waals surface area contributed by atoms with E-state index >= 15 is 0 Å². The van der Waals surface area contributed by atoms with Crippen molar-refractivity contribution in [2.75, 3.05) is 6.54 Å². The monoisotopic (exact) mass is 403 g/mol. The molecule has 6 nitrogen and oxygen atoms in total. The molecule has 2 heterocycles. The van der Waals surface area contributed by atoms with E-state index in [-0.39, 0.29) is 25.2 Å². The van der Waals surface area contributed by atoms with Gasteiger partial charge in [-0.2, -0.15) is 36.5 Å². The number of alkyl halides is 6. The number of halogens is 7. The molecular weight excluding hydrogens is 392 g/mol. The molecule has 0 saturated carbocycles. The lowest BCUT2D eigenvalue weighted by atomic mass is 10.3. The summed E-state index contributed by atoms with van der Waals surface area (Å²) in [6.07, 6.45) is -9.16. The molecule has 1 amide bonds. The summed E-state index contributed by atoms with van der Waals surface area (Å²) in [6.45, 7) is 1.38. The van der Waals surface area contributed by atoms with Crippen LogP contribution in [0, 0.1) is 6.92 Å². The quantitative estimate of drug-likeness (QED) is 0.593. The van der Waals surface area contributed by atoms with Crippen molar-refractivity contribution in [3.63, 3.8) is 0 Å². The predicted octanol–water partition coefficient (Wildman–Crippen LogP) is 3.43. The van der Waals surface area contributed by atoms with Crippen LogP contribution in [0.2, 0.25) is 5.02 Å². The number of hydrogen-bond acceptors (Lipinski definition) is 3. The molecule has 26 heavy (non-hydrogen) atoms. The van der Waals surface area contributed by atoms with Crippen molar-refractivity contribution < 1.29 is 31.1 Å². The molecule has 0 atom stereocenters. The number of carbonyl (C=O) groups is 1. The Labute approximate surface area is 147 Å². The SMILES string of the molecule is Cc1c(Cl)c(C(F)(F)F)nn1CCCNC(=O)c1cc(C(F)(F)F)[nH]n1. The molecule has 0 aliphatic heterocycles. The van der Waals surface area contributed by atoms with E-state index in [4.69, 9.17) is 11.6 Å². The fourth-order valence-corrected chi connectivity index (χ4v) is 2.27. The third-order valence-corrected chi connectivity index (χ3v) is 3.80. The first kappa shape index (κ1) is 20.1. The van der Waals surface area contributed by atoms with Gasteiger partial charge in [0.15, 0.2) is 11.4 Å². The standard InChI is InChI=1S/C13H12ClF6N5O/c1-6-9(14)10(13(18,19)20)24-25(6)4-2-3-21-11(26)7-5-8(23-22-7)12(15,16)17/h5H,2-4H2,1H3,(H,21,26)(H,22,23). The van der Waals surface area contributed by atoms with E-state index in [2.05, 4.69) is 15.5 Å². The van der Waals surface area contributed by atoms with Gasteiger partial charge in [-0.15, -0.1) is 0 Å². The van der Waals surface area contributed by atoms with Gasteiger partial charge in [0, 0.05) is 19.2 Å². The van der Waals surface area contributed by atoms with Crippen LogP contribution in [0.5, 0.6) is 0 Å². The summed E-state index contributed by atoms with van der Waals surface area (Å²) in [4.78, 5) is 11.7. The molecule has 0 unspecified atom stereocenters. The summed E-state index contributed by atoms with van der Waals surface area (Å²) < 4.78 is 76.4. The zero-order valence-electron chi connectivity index (χ0n) is 13.1. The molecule has 2 aromatic rings. The Bertz CT molecular complexity index is 794. The summed E-state index contributed by atoms with van der Waals surface area (Å²) in [5.41, 5.74) is -2.69. The van der Waals surface area contributed by atoms with Crippen molar-refractivity contribution in [1.82, 2.24) is 25.3 Å². The first-order chi connectivity index (χ1) is 11.9. The van der Waals surface area contributed by atoms with Crippen LogP contribution < -0.4 is 5.32 Å². The minimum absolute atomic E-state index is 0.00862. The lowest BCUT2D eigenvalue weighted by molar-refractivity contribution is -0.142. The molecule has 0 aliphatic carbocycles. The summed E-state index contributed by atoms with van der Waals surface area (Å²) >= 11 is 5.60. The van der Waals surface area contributed by atoms with Gasteiger partial charge in [0.2, 0.25) is 0 Å². The molecular formula is C13H12ClF6N5O. The number of H-pyrrole nitrogens is 1. The van der Waals surface area contributed by atoms with E-state index in [1.807, 2.05) is 0 Å². The van der Waals surface area contributed by atoms with Crippen molar-refractivity contribution in [2.24, 2.45) is 0 Å². The second-order valence-electron chi connectivity index (χ2n) is 5.24. The molecule has 0 spiro atoms. The fourth-order valence-electron chi connectivity index (χ4n) is 2.03. The van der Waals surface area contributed by atoms with Crippen LogP contribution >= 0.6 is 11.6 Å². The number of nitrogens with one attached hydrogen (secondary N) is 2. The largest absolute Gasteiger partial charge is 0.436 e. The van der Waals surface area contributed by atoms with Gasteiger partial charge in [-0.25, -0.2) is 0 Å². The Morgan fingerprint density at radius 2 is 1.92 bits per heavy atom. The van der Waals surface area contributed by atoms with Gasteiger partial charge in [0.1, 0.15) is 5.69 Å². The van der Waals surface area contributed by atoms with Crippen LogP contribution in [0.3, 0.4) is 0 Å². The van der Waals surface area contributed by atoms with Gasteiger partial charge >= 0.3 is 12.4 Å². The molecule has 0 bridgehead atoms. The van der Waals surface area contributed by atoms with Crippen molar-refractivity contribution >= 4 is 17.5 Å². The van der Waals surface area contributed by atoms with E-state index in [0.29, 0.717) is 6.07 Å². The highest BCUT2D eigenvalue weighted by molar-refractivity contribution is 6.31. The first-order valence-corrected chi connectivity index (χ1v) is 7.50. The summed E-state index contributed by atoms with van der Waals surface area (Å²) in [7, 11) is 0. The minimum Gasteiger partial charge on any atom is -0.351 e. The second-order valence-corrected chi connectivity index (χ2v) is 5.62. The Balaban J connectivity index is 1.89. The highest BCUT2D eigenvalue weighted by atomic mass is 35.5. The summed E-state index contributed by atoms with van der Waals surface area (Å²) in [5, 5.41) is 10.2. The number of rotatable bonds is 5. The Hall–Kier alpha value is -2.24. The smallest absolute Gasteiger partial charge is 0.351 e. The van der Waals surface area contributed by atoms with Gasteiger partial charge in [0.25, 0.3) is 5.91 Å². The normalized spacial score (nSPS) is 12.5. The number of aromatic amines is 1. The zero-order chi connectivity index (χ0) is 19.7. The van der Waals surface area contributed by atoms with E-state index in [0.717, 1.165) is 4.68 Å². The highest BCUT2D eigenvalue weighted by Crippen LogP contribution is 2.35. The molecule has 0 aliphatic rings. The summed E-state index contributed by atoms with van der Waals surface area (Å²) in [5.74, 6) is -0.844. The Morgan fingerprint density at radius 3 is 2.42 bits per heavy atom. The van der Waals surface area contributed by atoms with Crippen LogP contribution in [0.25, 0.3) is 0 Å². The van der Waals surface area contributed by atoms with Crippen LogP contribution in [-0.2, 0) is 18.9 Å². The predicted molar refractivity (Wildman–Crippen MR) is 77.5 cm³/mol. The third-order valence-electron chi connectivity index (χ3n) is 3.35. The number of amides is 1. The van der Waals surface area contributed by atoms with Gasteiger partial charge in [-0.1, -0.05) is 11.6 Å². The number of carbonyl (C=O) groups excluding carboxylic acids is 1. The Kier molecular flexibility index (Phi) is 5.54. The molecule has 0 saturated heterocycles. The maximum atomic E-state index is 12.7. The maximum Gasteiger partial charge on any atom is 0.436 e. The number of nitrogens with zero attached hydrogens (tertiary/aromatic N) is 3. The van der Waals surface area contributed by atoms with Crippen molar-refractivity contribution in [3.8, 4) is 0 Å². The molecule has 2 N–H and O–H groups in total. The first-order valence-electron chi connectivity index (χ1n) is 7.12. The van der Waals surface area contributed by atoms with E-state index in [9.17, 15) is 31.1 Å². The molecule has 0 aromatic carbocycles. The fraction of sp³-hybridized carbons (Fsp3) is 0.462. The van der Waals surface area contributed by atoms with Crippen LogP contribution in [0.4, 0.5) is 26.3 Å². The topological polar surface area (TPSA) is 75.6 Å². The molecule has 0 radical (unpaired) electrons. The molecule has 0 fully saturated rings. The van der Waals surface area contributed by atoms with Gasteiger partial charge in [-0.3, -0.25) is 14.6 Å². The highest BCUT2D eigenvalue weighted by Gasteiger charge is 2.38.